The van der Waals surface area contributed by atoms with Gasteiger partial charge in [-0.15, -0.1) is 0 Å². The lowest BCUT2D eigenvalue weighted by Crippen LogP contribution is -2.26. The lowest BCUT2D eigenvalue weighted by atomic mass is 10.1. The second-order valence-electron chi connectivity index (χ2n) is 4.44. The highest BCUT2D eigenvalue weighted by atomic mass is 35.5. The molecule has 110 valence electrons. The lowest BCUT2D eigenvalue weighted by molar-refractivity contribution is 0.0694. The van der Waals surface area contributed by atoms with Crippen molar-refractivity contribution in [2.24, 2.45) is 0 Å². The summed E-state index contributed by atoms with van der Waals surface area (Å²) >= 11 is 17.9. The average molecular weight is 347 g/mol. The molecule has 0 unspecified atom stereocenters. The van der Waals surface area contributed by atoms with Crippen molar-refractivity contribution in [2.75, 3.05) is 0 Å². The van der Waals surface area contributed by atoms with E-state index < -0.39 is 11.5 Å². The summed E-state index contributed by atoms with van der Waals surface area (Å²) in [7, 11) is 0. The molecule has 1 aromatic heterocycles. The van der Waals surface area contributed by atoms with Gasteiger partial charge in [-0.1, -0.05) is 34.8 Å². The smallest absolute Gasteiger partial charge is 0.337 e. The molecule has 0 aliphatic rings. The normalized spacial score (nSPS) is 10.7. The van der Waals surface area contributed by atoms with Gasteiger partial charge in [0.05, 0.1) is 16.3 Å². The van der Waals surface area contributed by atoms with Crippen LogP contribution in [0.15, 0.2) is 23.0 Å². The van der Waals surface area contributed by atoms with E-state index in [0.29, 0.717) is 10.7 Å². The molecule has 0 bridgehead atoms. The summed E-state index contributed by atoms with van der Waals surface area (Å²) in [5.41, 5.74) is 0.256. The number of hydrogen-bond donors (Lipinski definition) is 1. The molecule has 0 atom stereocenters. The van der Waals surface area contributed by atoms with E-state index in [1.807, 2.05) is 0 Å². The third-order valence-corrected chi connectivity index (χ3v) is 4.14. The maximum Gasteiger partial charge on any atom is 0.337 e. The van der Waals surface area contributed by atoms with Gasteiger partial charge < -0.3 is 5.11 Å². The zero-order valence-electron chi connectivity index (χ0n) is 11.1. The number of rotatable bonds is 2. The van der Waals surface area contributed by atoms with E-state index in [4.69, 9.17) is 34.8 Å². The summed E-state index contributed by atoms with van der Waals surface area (Å²) in [6.07, 6.45) is 0. The van der Waals surface area contributed by atoms with E-state index in [1.165, 1.54) is 30.5 Å². The van der Waals surface area contributed by atoms with Gasteiger partial charge in [0.1, 0.15) is 5.02 Å². The van der Waals surface area contributed by atoms with Gasteiger partial charge in [-0.2, -0.15) is 0 Å². The number of aromatic nitrogens is 1. The molecule has 0 radical (unpaired) electrons. The Labute approximate surface area is 135 Å². The number of carboxylic acids is 1. The van der Waals surface area contributed by atoms with Gasteiger partial charge in [0, 0.05) is 10.7 Å². The molecule has 2 rings (SSSR count). The molecule has 0 fully saturated rings. The Morgan fingerprint density at radius 2 is 1.81 bits per heavy atom. The fourth-order valence-corrected chi connectivity index (χ4v) is 2.84. The summed E-state index contributed by atoms with van der Waals surface area (Å²) in [5.74, 6) is -1.16. The van der Waals surface area contributed by atoms with Crippen LogP contribution in [0, 0.1) is 13.8 Å². The molecule has 1 N–H and O–H groups in total. The van der Waals surface area contributed by atoms with Crippen molar-refractivity contribution in [2.45, 2.75) is 13.8 Å². The number of nitrogens with zero attached hydrogens (tertiary/aromatic N) is 1. The first-order chi connectivity index (χ1) is 9.75. The average Bonchev–Trinajstić information content (AvgIpc) is 2.38. The Morgan fingerprint density at radius 3 is 2.33 bits per heavy atom. The van der Waals surface area contributed by atoms with Crippen LogP contribution in [0.25, 0.3) is 5.69 Å². The Balaban J connectivity index is 2.93. The number of benzene rings is 1. The number of carbonyl (C=O) groups is 1. The van der Waals surface area contributed by atoms with Gasteiger partial charge in [0.25, 0.3) is 5.56 Å². The molecule has 21 heavy (non-hydrogen) atoms. The van der Waals surface area contributed by atoms with Gasteiger partial charge in [-0.3, -0.25) is 9.36 Å². The van der Waals surface area contributed by atoms with Crippen LogP contribution in [-0.2, 0) is 0 Å². The maximum atomic E-state index is 12.4. The van der Waals surface area contributed by atoms with Crippen LogP contribution in [-0.4, -0.2) is 15.6 Å². The molecular formula is C14H10Cl3NO3. The van der Waals surface area contributed by atoms with Crippen molar-refractivity contribution >= 4 is 40.8 Å². The molecule has 2 aromatic rings. The van der Waals surface area contributed by atoms with E-state index in [1.54, 1.807) is 6.07 Å². The SMILES string of the molecule is Cc1c(C(=O)O)c(C)n(-c2ccc(Cl)cc2Cl)c(=O)c1Cl. The molecular weight excluding hydrogens is 337 g/mol. The predicted octanol–water partition coefficient (Wildman–Crippen LogP) is 4.11. The van der Waals surface area contributed by atoms with Crippen molar-refractivity contribution in [3.8, 4) is 5.69 Å². The number of pyridine rings is 1. The van der Waals surface area contributed by atoms with Crippen LogP contribution in [0.5, 0.6) is 0 Å². The van der Waals surface area contributed by atoms with E-state index in [2.05, 4.69) is 0 Å². The standard InChI is InChI=1S/C14H10Cl3NO3/c1-6-11(14(20)21)7(2)18(13(19)12(6)17)10-4-3-8(15)5-9(10)16/h3-5H,1-2H3,(H,20,21). The topological polar surface area (TPSA) is 59.3 Å². The molecule has 0 aliphatic carbocycles. The van der Waals surface area contributed by atoms with Crippen LogP contribution < -0.4 is 5.56 Å². The van der Waals surface area contributed by atoms with Gasteiger partial charge in [-0.05, 0) is 37.6 Å². The van der Waals surface area contributed by atoms with Crippen molar-refractivity contribution in [3.05, 3.63) is 60.4 Å². The van der Waals surface area contributed by atoms with E-state index >= 15 is 0 Å². The van der Waals surface area contributed by atoms with E-state index in [0.717, 1.165) is 0 Å². The van der Waals surface area contributed by atoms with Crippen molar-refractivity contribution < 1.29 is 9.90 Å². The first-order valence-electron chi connectivity index (χ1n) is 5.86. The molecule has 7 heteroatoms. The summed E-state index contributed by atoms with van der Waals surface area (Å²) in [6, 6.07) is 4.57. The molecule has 0 saturated carbocycles. The van der Waals surface area contributed by atoms with Crippen LogP contribution in [0.2, 0.25) is 15.1 Å². The molecule has 4 nitrogen and oxygen atoms in total. The van der Waals surface area contributed by atoms with Crippen molar-refractivity contribution in [1.82, 2.24) is 4.57 Å². The van der Waals surface area contributed by atoms with Crippen molar-refractivity contribution in [1.29, 1.82) is 0 Å². The van der Waals surface area contributed by atoms with Crippen LogP contribution in [0.1, 0.15) is 21.6 Å². The summed E-state index contributed by atoms with van der Waals surface area (Å²) in [4.78, 5) is 23.8. The molecule has 1 aromatic carbocycles. The van der Waals surface area contributed by atoms with E-state index in [9.17, 15) is 14.7 Å². The summed E-state index contributed by atoms with van der Waals surface area (Å²) < 4.78 is 1.18. The third kappa shape index (κ3) is 2.67. The first-order valence-corrected chi connectivity index (χ1v) is 6.99. The number of hydrogen-bond acceptors (Lipinski definition) is 2. The van der Waals surface area contributed by atoms with Gasteiger partial charge in [-0.25, -0.2) is 4.79 Å². The lowest BCUT2D eigenvalue weighted by Gasteiger charge is -2.16. The predicted molar refractivity (Wildman–Crippen MR) is 83.5 cm³/mol. The molecule has 1 heterocycles. The van der Waals surface area contributed by atoms with Crippen LogP contribution in [0.3, 0.4) is 0 Å². The Kier molecular flexibility index (Phi) is 4.33. The fraction of sp³-hybridized carbons (Fsp3) is 0.143. The highest BCUT2D eigenvalue weighted by Gasteiger charge is 2.22. The maximum absolute atomic E-state index is 12.4. The minimum Gasteiger partial charge on any atom is -0.478 e. The monoisotopic (exact) mass is 345 g/mol. The second kappa shape index (κ2) is 5.72. The summed E-state index contributed by atoms with van der Waals surface area (Å²) in [5, 5.41) is 9.80. The first kappa shape index (κ1) is 15.9. The molecule has 0 saturated heterocycles. The highest BCUT2D eigenvalue weighted by Crippen LogP contribution is 2.27. The Morgan fingerprint density at radius 1 is 1.19 bits per heavy atom. The zero-order chi connectivity index (χ0) is 15.9. The number of carboxylic acid groups (broad SMARTS) is 1. The Hall–Kier alpha value is -1.49. The van der Waals surface area contributed by atoms with Gasteiger partial charge >= 0.3 is 5.97 Å². The van der Waals surface area contributed by atoms with Crippen LogP contribution >= 0.6 is 34.8 Å². The minimum absolute atomic E-state index is 0.0226. The molecule has 0 aliphatic heterocycles. The molecule has 0 spiro atoms. The third-order valence-electron chi connectivity index (χ3n) is 3.16. The highest BCUT2D eigenvalue weighted by molar-refractivity contribution is 6.36. The van der Waals surface area contributed by atoms with Gasteiger partial charge in [0.2, 0.25) is 0 Å². The van der Waals surface area contributed by atoms with Crippen molar-refractivity contribution in [3.63, 3.8) is 0 Å². The largest absolute Gasteiger partial charge is 0.478 e. The Bertz CT molecular complexity index is 812. The molecule has 0 amide bonds. The quantitative estimate of drug-likeness (QED) is 0.890. The second-order valence-corrected chi connectivity index (χ2v) is 5.66. The zero-order valence-corrected chi connectivity index (χ0v) is 13.3. The number of aromatic carboxylic acids is 1. The van der Waals surface area contributed by atoms with Crippen LogP contribution in [0.4, 0.5) is 0 Å². The van der Waals surface area contributed by atoms with E-state index in [-0.39, 0.29) is 26.9 Å². The minimum atomic E-state index is -1.16. The number of halogens is 3. The summed E-state index contributed by atoms with van der Waals surface area (Å²) in [6.45, 7) is 3.02. The van der Waals surface area contributed by atoms with Gasteiger partial charge in [0.15, 0.2) is 0 Å². The fourth-order valence-electron chi connectivity index (χ4n) is 2.17.